The first kappa shape index (κ1) is 9.83. The first-order valence-corrected chi connectivity index (χ1v) is 5.12. The van der Waals surface area contributed by atoms with Gasteiger partial charge in [-0.1, -0.05) is 46.3 Å². The molecule has 12 heavy (non-hydrogen) atoms. The second-order valence-corrected chi connectivity index (χ2v) is 5.32. The highest BCUT2D eigenvalue weighted by Gasteiger charge is 2.23. The molecule has 0 aromatic rings. The van der Waals surface area contributed by atoms with E-state index in [0.717, 1.165) is 11.8 Å². The van der Waals surface area contributed by atoms with Gasteiger partial charge >= 0.3 is 0 Å². The minimum atomic E-state index is 0.397. The predicted molar refractivity (Wildman–Crippen MR) is 55.1 cm³/mol. The maximum atomic E-state index is 2.49. The van der Waals surface area contributed by atoms with Crippen molar-refractivity contribution < 1.29 is 0 Å². The molecule has 1 rings (SSSR count). The largest absolute Gasteiger partial charge is 0.0817 e. The van der Waals surface area contributed by atoms with Gasteiger partial charge in [0.05, 0.1) is 0 Å². The predicted octanol–water partition coefficient (Wildman–Crippen LogP) is 4.02. The highest BCUT2D eigenvalue weighted by Crippen LogP contribution is 2.37. The number of rotatable bonds is 0. The second kappa shape index (κ2) is 3.24. The fourth-order valence-corrected chi connectivity index (χ4v) is 1.84. The SMILES string of the molecule is CC1C=C(C(C)(C)C)CCC1C. The van der Waals surface area contributed by atoms with Crippen LogP contribution in [0.4, 0.5) is 0 Å². The minimum absolute atomic E-state index is 0.397. The summed E-state index contributed by atoms with van der Waals surface area (Å²) in [7, 11) is 0. The maximum Gasteiger partial charge on any atom is -0.0173 e. The molecule has 0 spiro atoms. The van der Waals surface area contributed by atoms with Gasteiger partial charge in [0.15, 0.2) is 0 Å². The highest BCUT2D eigenvalue weighted by atomic mass is 14.3. The first-order valence-electron chi connectivity index (χ1n) is 5.12. The van der Waals surface area contributed by atoms with E-state index >= 15 is 0 Å². The van der Waals surface area contributed by atoms with Crippen LogP contribution in [0, 0.1) is 17.3 Å². The van der Waals surface area contributed by atoms with Gasteiger partial charge in [-0.3, -0.25) is 0 Å². The Morgan fingerprint density at radius 3 is 2.25 bits per heavy atom. The van der Waals surface area contributed by atoms with Crippen LogP contribution in [-0.2, 0) is 0 Å². The molecule has 0 aliphatic heterocycles. The maximum absolute atomic E-state index is 2.49. The van der Waals surface area contributed by atoms with Crippen LogP contribution in [0.5, 0.6) is 0 Å². The van der Waals surface area contributed by atoms with Crippen LogP contribution >= 0.6 is 0 Å². The van der Waals surface area contributed by atoms with Gasteiger partial charge < -0.3 is 0 Å². The molecular formula is C12H22. The smallest absolute Gasteiger partial charge is 0.0173 e. The number of allylic oxidation sites excluding steroid dienone is 2. The molecule has 0 N–H and O–H groups in total. The fraction of sp³-hybridized carbons (Fsp3) is 0.833. The average Bonchev–Trinajstić information content (AvgIpc) is 1.92. The van der Waals surface area contributed by atoms with E-state index < -0.39 is 0 Å². The summed E-state index contributed by atoms with van der Waals surface area (Å²) in [5.74, 6) is 1.67. The van der Waals surface area contributed by atoms with E-state index in [0.29, 0.717) is 5.41 Å². The monoisotopic (exact) mass is 166 g/mol. The van der Waals surface area contributed by atoms with E-state index in [1.807, 2.05) is 0 Å². The van der Waals surface area contributed by atoms with Gasteiger partial charge in [0.1, 0.15) is 0 Å². The molecule has 1 aliphatic carbocycles. The Bertz CT molecular complexity index is 181. The molecule has 0 amide bonds. The summed E-state index contributed by atoms with van der Waals surface area (Å²) >= 11 is 0. The molecular weight excluding hydrogens is 144 g/mol. The standard InChI is InChI=1S/C12H22/c1-9-6-7-11(8-10(9)2)12(3,4)5/h8-10H,6-7H2,1-5H3. The van der Waals surface area contributed by atoms with Crippen LogP contribution in [0.1, 0.15) is 47.5 Å². The van der Waals surface area contributed by atoms with Gasteiger partial charge in [-0.15, -0.1) is 0 Å². The van der Waals surface area contributed by atoms with Crippen molar-refractivity contribution in [3.8, 4) is 0 Å². The van der Waals surface area contributed by atoms with Crippen molar-refractivity contribution in [3.63, 3.8) is 0 Å². The lowest BCUT2D eigenvalue weighted by molar-refractivity contribution is 0.361. The summed E-state index contributed by atoms with van der Waals surface area (Å²) in [6.45, 7) is 11.7. The summed E-state index contributed by atoms with van der Waals surface area (Å²) in [4.78, 5) is 0. The summed E-state index contributed by atoms with van der Waals surface area (Å²) in [6.07, 6.45) is 5.19. The van der Waals surface area contributed by atoms with Crippen molar-refractivity contribution in [2.75, 3.05) is 0 Å². The van der Waals surface area contributed by atoms with Gasteiger partial charge in [-0.2, -0.15) is 0 Å². The van der Waals surface area contributed by atoms with Crippen molar-refractivity contribution in [2.45, 2.75) is 47.5 Å². The molecule has 0 heteroatoms. The van der Waals surface area contributed by atoms with Crippen LogP contribution in [0.25, 0.3) is 0 Å². The molecule has 0 saturated carbocycles. The molecule has 0 saturated heterocycles. The Balaban J connectivity index is 2.75. The second-order valence-electron chi connectivity index (χ2n) is 5.32. The quantitative estimate of drug-likeness (QED) is 0.477. The normalized spacial score (nSPS) is 31.6. The van der Waals surface area contributed by atoms with Crippen LogP contribution in [0.15, 0.2) is 11.6 Å². The Labute approximate surface area is 77.1 Å². The summed E-state index contributed by atoms with van der Waals surface area (Å²) in [5, 5.41) is 0. The third kappa shape index (κ3) is 2.12. The highest BCUT2D eigenvalue weighted by molar-refractivity contribution is 5.15. The van der Waals surface area contributed by atoms with Crippen molar-refractivity contribution in [3.05, 3.63) is 11.6 Å². The fourth-order valence-electron chi connectivity index (χ4n) is 1.84. The molecule has 0 heterocycles. The molecule has 0 nitrogen and oxygen atoms in total. The zero-order chi connectivity index (χ0) is 9.35. The lowest BCUT2D eigenvalue weighted by Crippen LogP contribution is -2.19. The van der Waals surface area contributed by atoms with Gasteiger partial charge in [0.2, 0.25) is 0 Å². The van der Waals surface area contributed by atoms with Crippen molar-refractivity contribution >= 4 is 0 Å². The van der Waals surface area contributed by atoms with Crippen LogP contribution in [-0.4, -0.2) is 0 Å². The summed E-state index contributed by atoms with van der Waals surface area (Å²) < 4.78 is 0. The molecule has 70 valence electrons. The van der Waals surface area contributed by atoms with Gasteiger partial charge in [-0.25, -0.2) is 0 Å². The Kier molecular flexibility index (Phi) is 2.65. The first-order chi connectivity index (χ1) is 5.41. The lowest BCUT2D eigenvalue weighted by Gasteiger charge is -2.31. The van der Waals surface area contributed by atoms with Crippen molar-refractivity contribution in [1.29, 1.82) is 0 Å². The van der Waals surface area contributed by atoms with Crippen LogP contribution in [0.3, 0.4) is 0 Å². The zero-order valence-corrected chi connectivity index (χ0v) is 9.15. The summed E-state index contributed by atoms with van der Waals surface area (Å²) in [5.41, 5.74) is 2.06. The molecule has 2 atom stereocenters. The van der Waals surface area contributed by atoms with Crippen molar-refractivity contribution in [2.24, 2.45) is 17.3 Å². The molecule has 1 aliphatic rings. The summed E-state index contributed by atoms with van der Waals surface area (Å²) in [6, 6.07) is 0. The Morgan fingerprint density at radius 1 is 1.25 bits per heavy atom. The van der Waals surface area contributed by atoms with Crippen LogP contribution < -0.4 is 0 Å². The average molecular weight is 166 g/mol. The van der Waals surface area contributed by atoms with E-state index in [1.165, 1.54) is 12.8 Å². The third-order valence-electron chi connectivity index (χ3n) is 3.19. The number of hydrogen-bond donors (Lipinski definition) is 0. The molecule has 2 unspecified atom stereocenters. The Morgan fingerprint density at radius 2 is 1.83 bits per heavy atom. The molecule has 0 radical (unpaired) electrons. The van der Waals surface area contributed by atoms with Gasteiger partial charge in [0.25, 0.3) is 0 Å². The molecule has 0 bridgehead atoms. The van der Waals surface area contributed by atoms with Crippen LogP contribution in [0.2, 0.25) is 0 Å². The molecule has 0 aromatic carbocycles. The van der Waals surface area contributed by atoms with E-state index in [-0.39, 0.29) is 0 Å². The minimum Gasteiger partial charge on any atom is -0.0817 e. The van der Waals surface area contributed by atoms with Crippen molar-refractivity contribution in [1.82, 2.24) is 0 Å². The lowest BCUT2D eigenvalue weighted by atomic mass is 9.74. The van der Waals surface area contributed by atoms with Gasteiger partial charge in [-0.05, 0) is 30.1 Å². The van der Waals surface area contributed by atoms with E-state index in [4.69, 9.17) is 0 Å². The zero-order valence-electron chi connectivity index (χ0n) is 9.15. The van der Waals surface area contributed by atoms with E-state index in [2.05, 4.69) is 40.7 Å². The Hall–Kier alpha value is -0.260. The third-order valence-corrected chi connectivity index (χ3v) is 3.19. The van der Waals surface area contributed by atoms with Gasteiger partial charge in [0, 0.05) is 0 Å². The topological polar surface area (TPSA) is 0 Å². The number of hydrogen-bond acceptors (Lipinski definition) is 0. The van der Waals surface area contributed by atoms with E-state index in [9.17, 15) is 0 Å². The molecule has 0 fully saturated rings. The molecule has 0 aromatic heterocycles. The van der Waals surface area contributed by atoms with E-state index in [1.54, 1.807) is 5.57 Å².